The van der Waals surface area contributed by atoms with Gasteiger partial charge in [-0.2, -0.15) is 0 Å². The first-order valence-corrected chi connectivity index (χ1v) is 5.68. The molecule has 0 saturated carbocycles. The average Bonchev–Trinajstić information content (AvgIpc) is 3.11. The molecule has 0 radical (unpaired) electrons. The molecule has 0 unspecified atom stereocenters. The third-order valence-corrected chi connectivity index (χ3v) is 2.99. The summed E-state index contributed by atoms with van der Waals surface area (Å²) in [6.07, 6.45) is 1.69. The highest BCUT2D eigenvalue weighted by atomic mass is 16.6. The van der Waals surface area contributed by atoms with Gasteiger partial charge in [0.1, 0.15) is 6.10 Å². The van der Waals surface area contributed by atoms with Crippen molar-refractivity contribution in [2.45, 2.75) is 18.6 Å². The van der Waals surface area contributed by atoms with Crippen LogP contribution >= 0.6 is 0 Å². The second kappa shape index (κ2) is 4.11. The summed E-state index contributed by atoms with van der Waals surface area (Å²) >= 11 is 0. The predicted molar refractivity (Wildman–Crippen MR) is 64.2 cm³/mol. The molecule has 0 spiro atoms. The zero-order chi connectivity index (χ0) is 10.8. The molecule has 1 aliphatic heterocycles. The van der Waals surface area contributed by atoms with E-state index in [0.29, 0.717) is 12.2 Å². The van der Waals surface area contributed by atoms with E-state index in [1.165, 1.54) is 11.1 Å². The minimum Gasteiger partial charge on any atom is -0.364 e. The molecule has 0 aliphatic carbocycles. The first-order valence-electron chi connectivity index (χ1n) is 5.68. The van der Waals surface area contributed by atoms with Gasteiger partial charge in [-0.05, 0) is 11.1 Å². The molecule has 0 aromatic heterocycles. The molecule has 1 aliphatic rings. The maximum absolute atomic E-state index is 5.71. The molecular formula is C15H14O. The quantitative estimate of drug-likeness (QED) is 0.707. The van der Waals surface area contributed by atoms with Gasteiger partial charge in [-0.15, -0.1) is 0 Å². The van der Waals surface area contributed by atoms with Crippen molar-refractivity contribution in [1.29, 1.82) is 0 Å². The summed E-state index contributed by atoms with van der Waals surface area (Å²) in [5, 5.41) is 0. The number of hydrogen-bond donors (Lipinski definition) is 0. The van der Waals surface area contributed by atoms with E-state index in [0.717, 1.165) is 6.42 Å². The van der Waals surface area contributed by atoms with Crippen LogP contribution in [0.15, 0.2) is 60.7 Å². The second-order valence-corrected chi connectivity index (χ2v) is 4.20. The summed E-state index contributed by atoms with van der Waals surface area (Å²) in [6.45, 7) is 0. The first-order chi connectivity index (χ1) is 7.93. The van der Waals surface area contributed by atoms with Crippen molar-refractivity contribution in [2.75, 3.05) is 0 Å². The van der Waals surface area contributed by atoms with Gasteiger partial charge in [0.15, 0.2) is 0 Å². The maximum atomic E-state index is 5.71. The van der Waals surface area contributed by atoms with Crippen molar-refractivity contribution in [3.63, 3.8) is 0 Å². The van der Waals surface area contributed by atoms with Crippen molar-refractivity contribution in [1.82, 2.24) is 0 Å². The Morgan fingerprint density at radius 3 is 2.12 bits per heavy atom. The normalized spacial score (nSPS) is 23.0. The minimum atomic E-state index is 0.307. The summed E-state index contributed by atoms with van der Waals surface area (Å²) in [5.74, 6) is 0. The third kappa shape index (κ3) is 2.00. The largest absolute Gasteiger partial charge is 0.364 e. The summed E-state index contributed by atoms with van der Waals surface area (Å²) < 4.78 is 5.71. The maximum Gasteiger partial charge on any atom is 0.109 e. The van der Waals surface area contributed by atoms with Gasteiger partial charge in [-0.1, -0.05) is 60.7 Å². The monoisotopic (exact) mass is 210 g/mol. The molecule has 2 atom stereocenters. The molecule has 1 heteroatoms. The Morgan fingerprint density at radius 2 is 1.44 bits per heavy atom. The van der Waals surface area contributed by atoms with E-state index < -0.39 is 0 Å². The van der Waals surface area contributed by atoms with Crippen LogP contribution in [-0.2, 0) is 11.2 Å². The zero-order valence-corrected chi connectivity index (χ0v) is 9.04. The van der Waals surface area contributed by atoms with Crippen LogP contribution in [0.1, 0.15) is 17.2 Å². The summed E-state index contributed by atoms with van der Waals surface area (Å²) in [4.78, 5) is 0. The molecule has 1 fully saturated rings. The van der Waals surface area contributed by atoms with Crippen molar-refractivity contribution >= 4 is 0 Å². The standard InChI is InChI=1S/C15H14O/c1-3-7-12(8-4-1)11-14-15(16-14)13-9-5-2-6-10-13/h1-10,14-15H,11H2/t14-,15+/m0/s1. The molecule has 3 rings (SSSR count). The van der Waals surface area contributed by atoms with Gasteiger partial charge in [0.2, 0.25) is 0 Å². The molecule has 0 bridgehead atoms. The van der Waals surface area contributed by atoms with Gasteiger partial charge < -0.3 is 4.74 Å². The summed E-state index contributed by atoms with van der Waals surface area (Å²) in [7, 11) is 0. The molecule has 1 saturated heterocycles. The van der Waals surface area contributed by atoms with Crippen LogP contribution in [0.4, 0.5) is 0 Å². The van der Waals surface area contributed by atoms with Crippen LogP contribution in [0.3, 0.4) is 0 Å². The molecule has 1 nitrogen and oxygen atoms in total. The van der Waals surface area contributed by atoms with Gasteiger partial charge in [0.25, 0.3) is 0 Å². The van der Waals surface area contributed by atoms with Gasteiger partial charge in [-0.3, -0.25) is 0 Å². The Morgan fingerprint density at radius 1 is 0.812 bits per heavy atom. The van der Waals surface area contributed by atoms with E-state index in [1.807, 2.05) is 12.1 Å². The third-order valence-electron chi connectivity index (χ3n) is 2.99. The van der Waals surface area contributed by atoms with Crippen molar-refractivity contribution in [3.05, 3.63) is 71.8 Å². The van der Waals surface area contributed by atoms with E-state index in [9.17, 15) is 0 Å². The fraction of sp³-hybridized carbons (Fsp3) is 0.200. The van der Waals surface area contributed by atoms with E-state index in [2.05, 4.69) is 48.5 Å². The lowest BCUT2D eigenvalue weighted by atomic mass is 10.0. The van der Waals surface area contributed by atoms with Crippen LogP contribution in [-0.4, -0.2) is 6.10 Å². The molecule has 80 valence electrons. The number of ether oxygens (including phenoxy) is 1. The predicted octanol–water partition coefficient (Wildman–Crippen LogP) is 3.37. The molecule has 0 amide bonds. The van der Waals surface area contributed by atoms with E-state index in [1.54, 1.807) is 0 Å². The van der Waals surface area contributed by atoms with Crippen molar-refractivity contribution in [2.24, 2.45) is 0 Å². The van der Waals surface area contributed by atoms with Crippen LogP contribution in [0.25, 0.3) is 0 Å². The summed E-state index contributed by atoms with van der Waals surface area (Å²) in [6, 6.07) is 21.0. The van der Waals surface area contributed by atoms with Gasteiger partial charge >= 0.3 is 0 Å². The lowest BCUT2D eigenvalue weighted by molar-refractivity contribution is 0.373. The highest BCUT2D eigenvalue weighted by Gasteiger charge is 2.39. The minimum absolute atomic E-state index is 0.307. The van der Waals surface area contributed by atoms with E-state index >= 15 is 0 Å². The smallest absolute Gasteiger partial charge is 0.109 e. The molecule has 16 heavy (non-hydrogen) atoms. The lowest BCUT2D eigenvalue weighted by Gasteiger charge is -1.97. The highest BCUT2D eigenvalue weighted by molar-refractivity contribution is 5.25. The summed E-state index contributed by atoms with van der Waals surface area (Å²) in [5.41, 5.74) is 2.65. The van der Waals surface area contributed by atoms with Crippen LogP contribution in [0, 0.1) is 0 Å². The average molecular weight is 210 g/mol. The Balaban J connectivity index is 1.65. The first kappa shape index (κ1) is 9.61. The Hall–Kier alpha value is -1.60. The van der Waals surface area contributed by atoms with Gasteiger partial charge in [-0.25, -0.2) is 0 Å². The highest BCUT2D eigenvalue weighted by Crippen LogP contribution is 2.40. The van der Waals surface area contributed by atoms with Crippen LogP contribution < -0.4 is 0 Å². The fourth-order valence-corrected chi connectivity index (χ4v) is 2.08. The lowest BCUT2D eigenvalue weighted by Crippen LogP contribution is -1.94. The van der Waals surface area contributed by atoms with Crippen molar-refractivity contribution < 1.29 is 4.74 Å². The zero-order valence-electron chi connectivity index (χ0n) is 9.04. The molecular weight excluding hydrogens is 196 g/mol. The number of benzene rings is 2. The second-order valence-electron chi connectivity index (χ2n) is 4.20. The molecule has 2 aromatic carbocycles. The Bertz CT molecular complexity index is 449. The Kier molecular flexibility index (Phi) is 2.47. The fourth-order valence-electron chi connectivity index (χ4n) is 2.08. The van der Waals surface area contributed by atoms with Crippen LogP contribution in [0.5, 0.6) is 0 Å². The molecule has 2 aromatic rings. The van der Waals surface area contributed by atoms with E-state index in [4.69, 9.17) is 4.74 Å². The van der Waals surface area contributed by atoms with Crippen molar-refractivity contribution in [3.8, 4) is 0 Å². The van der Waals surface area contributed by atoms with E-state index in [-0.39, 0.29) is 0 Å². The number of hydrogen-bond acceptors (Lipinski definition) is 1. The Labute approximate surface area is 95.7 Å². The van der Waals surface area contributed by atoms with Gasteiger partial charge in [0, 0.05) is 6.42 Å². The molecule has 1 heterocycles. The topological polar surface area (TPSA) is 12.5 Å². The van der Waals surface area contributed by atoms with Gasteiger partial charge in [0.05, 0.1) is 6.10 Å². The number of epoxide rings is 1. The van der Waals surface area contributed by atoms with Crippen LogP contribution in [0.2, 0.25) is 0 Å². The molecule has 0 N–H and O–H groups in total. The SMILES string of the molecule is c1ccc(C[C@@H]2O[C@@H]2c2ccccc2)cc1. The number of rotatable bonds is 3.